The fourth-order valence-corrected chi connectivity index (χ4v) is 5.01. The molecule has 0 N–H and O–H groups in total. The van der Waals surface area contributed by atoms with Gasteiger partial charge in [0.25, 0.3) is 0 Å². The van der Waals surface area contributed by atoms with Gasteiger partial charge in [0.15, 0.2) is 9.84 Å². The third-order valence-corrected chi connectivity index (χ3v) is 6.72. The van der Waals surface area contributed by atoms with Gasteiger partial charge >= 0.3 is 6.08 Å². The van der Waals surface area contributed by atoms with Gasteiger partial charge in [-0.3, -0.25) is 4.98 Å². The Morgan fingerprint density at radius 2 is 1.80 bits per heavy atom. The topological polar surface area (TPSA) is 72.8 Å². The molecule has 9 heteroatoms. The zero-order valence-corrected chi connectivity index (χ0v) is 17.2. The van der Waals surface area contributed by atoms with Gasteiger partial charge < -0.3 is 0 Å². The van der Waals surface area contributed by atoms with Gasteiger partial charge in [0.1, 0.15) is 11.6 Å². The Hall–Kier alpha value is -2.97. The normalized spacial score (nSPS) is 11.7. The second kappa shape index (κ2) is 7.70. The molecule has 152 valence electrons. The smallest absolute Gasteiger partial charge is 0.253 e. The summed E-state index contributed by atoms with van der Waals surface area (Å²) in [5.41, 5.74) is 1.78. The first-order valence-corrected chi connectivity index (χ1v) is 10.8. The number of hydrogen-bond donors (Lipinski definition) is 0. The summed E-state index contributed by atoms with van der Waals surface area (Å²) in [7, 11) is -3.88. The molecule has 4 rings (SSSR count). The number of halogens is 3. The number of hydrogen-bond acceptors (Lipinski definition) is 5. The average Bonchev–Trinajstić information content (AvgIpc) is 2.70. The van der Waals surface area contributed by atoms with Crippen molar-refractivity contribution < 1.29 is 17.2 Å². The van der Waals surface area contributed by atoms with Gasteiger partial charge in [-0.15, -0.1) is 0 Å². The Bertz CT molecular complexity index is 1390. The average molecular weight is 446 g/mol. The third-order valence-electron chi connectivity index (χ3n) is 4.60. The summed E-state index contributed by atoms with van der Waals surface area (Å²) in [6.45, 7) is 1.66. The number of aromatic nitrogens is 3. The Kier molecular flexibility index (Phi) is 5.21. The highest BCUT2D eigenvalue weighted by Crippen LogP contribution is 2.29. The van der Waals surface area contributed by atoms with Crippen LogP contribution in [0.4, 0.5) is 8.78 Å². The number of pyridine rings is 1. The first-order chi connectivity index (χ1) is 14.2. The lowest BCUT2D eigenvalue weighted by Crippen LogP contribution is -2.10. The van der Waals surface area contributed by atoms with Crippen LogP contribution >= 0.6 is 11.6 Å². The third kappa shape index (κ3) is 3.88. The van der Waals surface area contributed by atoms with Crippen molar-refractivity contribution in [3.63, 3.8) is 0 Å². The van der Waals surface area contributed by atoms with Crippen molar-refractivity contribution in [2.45, 2.75) is 17.6 Å². The van der Waals surface area contributed by atoms with E-state index in [-0.39, 0.29) is 15.6 Å². The lowest BCUT2D eigenvalue weighted by Gasteiger charge is -2.11. The van der Waals surface area contributed by atoms with Gasteiger partial charge in [0, 0.05) is 22.8 Å². The molecule has 0 unspecified atom stereocenters. The maximum Gasteiger partial charge on any atom is 0.309 e. The van der Waals surface area contributed by atoms with Crippen molar-refractivity contribution in [2.24, 2.45) is 0 Å². The van der Waals surface area contributed by atoms with Gasteiger partial charge in [-0.05, 0) is 42.8 Å². The second-order valence-corrected chi connectivity index (χ2v) is 9.02. The van der Waals surface area contributed by atoms with E-state index in [1.165, 1.54) is 24.4 Å². The van der Waals surface area contributed by atoms with Crippen molar-refractivity contribution in [1.29, 1.82) is 0 Å². The van der Waals surface area contributed by atoms with Crippen LogP contribution in [0.5, 0.6) is 0 Å². The molecule has 0 amide bonds. The Morgan fingerprint density at radius 3 is 2.57 bits per heavy atom. The molecule has 0 spiro atoms. The van der Waals surface area contributed by atoms with Crippen LogP contribution < -0.4 is 0 Å². The SMILES string of the molecule is Cc1nc(CS(=O)(=O)c2ccccc2Cl)c(F)cc1-c1ccc2nc(F)ncc2c1. The van der Waals surface area contributed by atoms with Gasteiger partial charge in [-0.1, -0.05) is 29.8 Å². The number of aryl methyl sites for hydroxylation is 1. The molecule has 0 bridgehead atoms. The van der Waals surface area contributed by atoms with E-state index >= 15 is 0 Å². The fraction of sp³-hybridized carbons (Fsp3) is 0.0952. The summed E-state index contributed by atoms with van der Waals surface area (Å²) in [6.07, 6.45) is 0.508. The van der Waals surface area contributed by atoms with Crippen LogP contribution in [-0.4, -0.2) is 23.4 Å². The van der Waals surface area contributed by atoms with Crippen LogP contribution in [0.15, 0.2) is 59.6 Å². The monoisotopic (exact) mass is 445 g/mol. The first-order valence-electron chi connectivity index (χ1n) is 8.80. The summed E-state index contributed by atoms with van der Waals surface area (Å²) in [6, 6.07) is 12.2. The van der Waals surface area contributed by atoms with Gasteiger partial charge in [-0.25, -0.2) is 22.8 Å². The fourth-order valence-electron chi connectivity index (χ4n) is 3.16. The molecule has 2 aromatic carbocycles. The molecular weight excluding hydrogens is 432 g/mol. The summed E-state index contributed by atoms with van der Waals surface area (Å²) in [4.78, 5) is 11.3. The molecule has 0 aliphatic carbocycles. The van der Waals surface area contributed by atoms with Gasteiger partial charge in [0.05, 0.1) is 21.1 Å². The largest absolute Gasteiger partial charge is 0.309 e. The molecule has 0 aliphatic rings. The number of rotatable bonds is 4. The van der Waals surface area contributed by atoms with E-state index in [2.05, 4.69) is 15.0 Å². The quantitative estimate of drug-likeness (QED) is 0.417. The van der Waals surface area contributed by atoms with Crippen LogP contribution in [0.2, 0.25) is 5.02 Å². The standard InChI is InChI=1S/C21H14ClF2N3O2S/c1-12-15(13-6-7-18-14(8-13)10-25-21(24)27-18)9-17(23)19(26-12)11-30(28,29)20-5-3-2-4-16(20)22/h2-10H,11H2,1H3. The van der Waals surface area contributed by atoms with Crippen LogP contribution in [0.25, 0.3) is 22.0 Å². The van der Waals surface area contributed by atoms with Crippen molar-refractivity contribution in [3.05, 3.63) is 83.0 Å². The molecule has 0 saturated carbocycles. The molecular formula is C21H14ClF2N3O2S. The maximum absolute atomic E-state index is 14.8. The highest BCUT2D eigenvalue weighted by atomic mass is 35.5. The van der Waals surface area contributed by atoms with Gasteiger partial charge in [0.2, 0.25) is 0 Å². The highest BCUT2D eigenvalue weighted by molar-refractivity contribution is 7.90. The zero-order chi connectivity index (χ0) is 21.5. The summed E-state index contributed by atoms with van der Waals surface area (Å²) >= 11 is 5.98. The second-order valence-electron chi connectivity index (χ2n) is 6.65. The van der Waals surface area contributed by atoms with E-state index in [0.717, 1.165) is 0 Å². The Morgan fingerprint density at radius 1 is 1.03 bits per heavy atom. The molecule has 2 aromatic heterocycles. The highest BCUT2D eigenvalue weighted by Gasteiger charge is 2.22. The van der Waals surface area contributed by atoms with E-state index in [0.29, 0.717) is 27.7 Å². The Labute approximate surface area is 176 Å². The number of fused-ring (bicyclic) bond motifs is 1. The van der Waals surface area contributed by atoms with E-state index in [9.17, 15) is 17.2 Å². The molecule has 0 saturated heterocycles. The predicted molar refractivity (Wildman–Crippen MR) is 110 cm³/mol. The van der Waals surface area contributed by atoms with E-state index in [1.807, 2.05) is 0 Å². The first kappa shape index (κ1) is 20.3. The molecule has 0 aliphatic heterocycles. The van der Waals surface area contributed by atoms with Crippen LogP contribution in [0.1, 0.15) is 11.4 Å². The van der Waals surface area contributed by atoms with Crippen molar-refractivity contribution in [2.75, 3.05) is 0 Å². The summed E-state index contributed by atoms with van der Waals surface area (Å²) < 4.78 is 53.3. The molecule has 0 atom stereocenters. The lowest BCUT2D eigenvalue weighted by atomic mass is 10.0. The van der Waals surface area contributed by atoms with Crippen LogP contribution in [0.3, 0.4) is 0 Å². The van der Waals surface area contributed by atoms with E-state index in [1.54, 1.807) is 37.3 Å². The minimum atomic E-state index is -3.88. The minimum absolute atomic E-state index is 0.0704. The maximum atomic E-state index is 14.8. The van der Waals surface area contributed by atoms with Gasteiger partial charge in [-0.2, -0.15) is 4.39 Å². The number of benzene rings is 2. The van der Waals surface area contributed by atoms with Crippen molar-refractivity contribution in [3.8, 4) is 11.1 Å². The molecule has 2 heterocycles. The van der Waals surface area contributed by atoms with Crippen molar-refractivity contribution >= 4 is 32.3 Å². The van der Waals surface area contributed by atoms with Crippen molar-refractivity contribution in [1.82, 2.24) is 15.0 Å². The van der Waals surface area contributed by atoms with Crippen LogP contribution in [-0.2, 0) is 15.6 Å². The minimum Gasteiger partial charge on any atom is -0.253 e. The van der Waals surface area contributed by atoms with Crippen LogP contribution in [0, 0.1) is 18.8 Å². The molecule has 30 heavy (non-hydrogen) atoms. The number of sulfone groups is 1. The molecule has 4 aromatic rings. The lowest BCUT2D eigenvalue weighted by molar-refractivity contribution is 0.544. The predicted octanol–water partition coefficient (Wildman–Crippen LogP) is 4.91. The summed E-state index contributed by atoms with van der Waals surface area (Å²) in [5.74, 6) is -1.36. The van der Waals surface area contributed by atoms with E-state index in [4.69, 9.17) is 11.6 Å². The molecule has 0 radical (unpaired) electrons. The summed E-state index contributed by atoms with van der Waals surface area (Å²) in [5, 5.41) is 0.653. The number of nitrogens with zero attached hydrogens (tertiary/aromatic N) is 3. The van der Waals surface area contributed by atoms with E-state index < -0.39 is 27.5 Å². The molecule has 5 nitrogen and oxygen atoms in total. The molecule has 0 fully saturated rings. The zero-order valence-electron chi connectivity index (χ0n) is 15.6. The Balaban J connectivity index is 1.72.